The van der Waals surface area contributed by atoms with Crippen LogP contribution in [0.4, 0.5) is 11.6 Å². The van der Waals surface area contributed by atoms with E-state index >= 15 is 0 Å². The molecule has 3 N–H and O–H groups in total. The Hall–Kier alpha value is -2.38. The SMILES string of the molecule is Cn1nccc1NC(=O)Cn1cc(N)nn1. The zero-order valence-corrected chi connectivity index (χ0v) is 8.66. The summed E-state index contributed by atoms with van der Waals surface area (Å²) < 4.78 is 2.93. The first-order valence-corrected chi connectivity index (χ1v) is 4.58. The van der Waals surface area contributed by atoms with Gasteiger partial charge in [-0.25, -0.2) is 4.68 Å². The van der Waals surface area contributed by atoms with E-state index in [0.717, 1.165) is 0 Å². The van der Waals surface area contributed by atoms with Crippen LogP contribution in [0.15, 0.2) is 18.5 Å². The number of hydrogen-bond acceptors (Lipinski definition) is 5. The molecular formula is C8H11N7O. The third-order valence-electron chi connectivity index (χ3n) is 1.95. The van der Waals surface area contributed by atoms with E-state index in [1.54, 1.807) is 24.0 Å². The Morgan fingerprint density at radius 3 is 3.00 bits per heavy atom. The van der Waals surface area contributed by atoms with Crippen molar-refractivity contribution < 1.29 is 4.79 Å². The molecular weight excluding hydrogens is 210 g/mol. The Kier molecular flexibility index (Phi) is 2.54. The summed E-state index contributed by atoms with van der Waals surface area (Å²) in [7, 11) is 1.74. The summed E-state index contributed by atoms with van der Waals surface area (Å²) >= 11 is 0. The second kappa shape index (κ2) is 4.01. The summed E-state index contributed by atoms with van der Waals surface area (Å²) in [6.07, 6.45) is 3.09. The predicted octanol–water partition coefficient (Wildman–Crippen LogP) is -0.768. The Labute approximate surface area is 91.0 Å². The molecule has 0 aliphatic heterocycles. The van der Waals surface area contributed by atoms with Gasteiger partial charge in [0.25, 0.3) is 0 Å². The van der Waals surface area contributed by atoms with E-state index in [0.29, 0.717) is 5.82 Å². The van der Waals surface area contributed by atoms with E-state index < -0.39 is 0 Å². The Bertz CT molecular complexity index is 500. The molecule has 0 aliphatic rings. The molecule has 0 radical (unpaired) electrons. The minimum atomic E-state index is -0.214. The minimum absolute atomic E-state index is 0.0649. The Balaban J connectivity index is 1.97. The predicted molar refractivity (Wildman–Crippen MR) is 56.3 cm³/mol. The molecule has 0 saturated heterocycles. The van der Waals surface area contributed by atoms with Gasteiger partial charge in [0, 0.05) is 13.1 Å². The molecule has 0 saturated carbocycles. The van der Waals surface area contributed by atoms with Crippen LogP contribution in [-0.4, -0.2) is 30.7 Å². The van der Waals surface area contributed by atoms with Crippen LogP contribution in [0.2, 0.25) is 0 Å². The van der Waals surface area contributed by atoms with Gasteiger partial charge in [0.15, 0.2) is 5.82 Å². The molecule has 0 aliphatic carbocycles. The fourth-order valence-corrected chi connectivity index (χ4v) is 1.22. The number of hydrogen-bond donors (Lipinski definition) is 2. The maximum atomic E-state index is 11.6. The summed E-state index contributed by atoms with van der Waals surface area (Å²) in [4.78, 5) is 11.6. The monoisotopic (exact) mass is 221 g/mol. The quantitative estimate of drug-likeness (QED) is 0.708. The largest absolute Gasteiger partial charge is 0.381 e. The molecule has 2 heterocycles. The van der Waals surface area contributed by atoms with Crippen LogP contribution < -0.4 is 11.1 Å². The lowest BCUT2D eigenvalue weighted by Crippen LogP contribution is -2.20. The van der Waals surface area contributed by atoms with Gasteiger partial charge >= 0.3 is 0 Å². The molecule has 1 amide bonds. The third-order valence-corrected chi connectivity index (χ3v) is 1.95. The van der Waals surface area contributed by atoms with E-state index in [-0.39, 0.29) is 18.3 Å². The van der Waals surface area contributed by atoms with Gasteiger partial charge in [0.2, 0.25) is 5.91 Å². The molecule has 84 valence electrons. The average molecular weight is 221 g/mol. The van der Waals surface area contributed by atoms with Crippen molar-refractivity contribution in [1.29, 1.82) is 0 Å². The van der Waals surface area contributed by atoms with E-state index in [4.69, 9.17) is 5.73 Å². The van der Waals surface area contributed by atoms with Gasteiger partial charge in [0.1, 0.15) is 12.4 Å². The van der Waals surface area contributed by atoms with Gasteiger partial charge in [-0.15, -0.1) is 5.10 Å². The van der Waals surface area contributed by atoms with E-state index in [1.165, 1.54) is 10.9 Å². The zero-order chi connectivity index (χ0) is 11.5. The van der Waals surface area contributed by atoms with Crippen molar-refractivity contribution in [2.75, 3.05) is 11.1 Å². The summed E-state index contributed by atoms with van der Waals surface area (Å²) in [5.74, 6) is 0.694. The molecule has 2 aromatic heterocycles. The lowest BCUT2D eigenvalue weighted by molar-refractivity contribution is -0.117. The maximum Gasteiger partial charge on any atom is 0.247 e. The van der Waals surface area contributed by atoms with Crippen LogP contribution in [0, 0.1) is 0 Å². The summed E-state index contributed by atoms with van der Waals surface area (Å²) in [6.45, 7) is 0.0649. The highest BCUT2D eigenvalue weighted by Gasteiger charge is 2.07. The van der Waals surface area contributed by atoms with Crippen LogP contribution in [0.1, 0.15) is 0 Å². The topological polar surface area (TPSA) is 104 Å². The van der Waals surface area contributed by atoms with Gasteiger partial charge in [-0.1, -0.05) is 5.21 Å². The molecule has 8 heteroatoms. The van der Waals surface area contributed by atoms with Crippen molar-refractivity contribution in [2.45, 2.75) is 6.54 Å². The number of aromatic nitrogens is 5. The number of carbonyl (C=O) groups is 1. The fourth-order valence-electron chi connectivity index (χ4n) is 1.22. The first-order chi connectivity index (χ1) is 7.65. The molecule has 0 spiro atoms. The average Bonchev–Trinajstić information content (AvgIpc) is 2.77. The molecule has 16 heavy (non-hydrogen) atoms. The van der Waals surface area contributed by atoms with Crippen molar-refractivity contribution in [1.82, 2.24) is 24.8 Å². The first-order valence-electron chi connectivity index (χ1n) is 4.58. The number of carbonyl (C=O) groups excluding carboxylic acids is 1. The minimum Gasteiger partial charge on any atom is -0.381 e. The molecule has 2 rings (SSSR count). The molecule has 0 unspecified atom stereocenters. The van der Waals surface area contributed by atoms with Crippen molar-refractivity contribution in [2.24, 2.45) is 7.05 Å². The number of nitrogen functional groups attached to an aromatic ring is 1. The number of amides is 1. The second-order valence-electron chi connectivity index (χ2n) is 3.23. The van der Waals surface area contributed by atoms with Crippen LogP contribution in [-0.2, 0) is 18.4 Å². The van der Waals surface area contributed by atoms with Gasteiger partial charge in [-0.05, 0) is 0 Å². The number of nitrogens with one attached hydrogen (secondary N) is 1. The number of anilines is 2. The fraction of sp³-hybridized carbons (Fsp3) is 0.250. The van der Waals surface area contributed by atoms with Crippen LogP contribution in [0.5, 0.6) is 0 Å². The lowest BCUT2D eigenvalue weighted by atomic mass is 10.5. The van der Waals surface area contributed by atoms with Crippen molar-refractivity contribution in [3.05, 3.63) is 18.5 Å². The summed E-state index contributed by atoms with van der Waals surface area (Å²) in [6, 6.07) is 1.70. The second-order valence-corrected chi connectivity index (χ2v) is 3.23. The summed E-state index contributed by atoms with van der Waals surface area (Å²) in [5.41, 5.74) is 5.37. The van der Waals surface area contributed by atoms with Crippen molar-refractivity contribution in [3.63, 3.8) is 0 Å². The highest BCUT2D eigenvalue weighted by Crippen LogP contribution is 2.03. The molecule has 8 nitrogen and oxygen atoms in total. The standard InChI is InChI=1S/C8H11N7O/c1-14-7(2-3-10-14)11-8(16)5-15-4-6(9)12-13-15/h2-4H,5,9H2,1H3,(H,11,16). The molecule has 2 aromatic rings. The van der Waals surface area contributed by atoms with Gasteiger partial charge < -0.3 is 11.1 Å². The molecule has 0 atom stereocenters. The summed E-state index contributed by atoms with van der Waals surface area (Å²) in [5, 5.41) is 13.9. The maximum absolute atomic E-state index is 11.6. The molecule has 0 aromatic carbocycles. The van der Waals surface area contributed by atoms with E-state index in [1.807, 2.05) is 0 Å². The Morgan fingerprint density at radius 2 is 2.44 bits per heavy atom. The molecule has 0 fully saturated rings. The Morgan fingerprint density at radius 1 is 1.62 bits per heavy atom. The van der Waals surface area contributed by atoms with Gasteiger partial charge in [0.05, 0.1) is 12.4 Å². The normalized spacial score (nSPS) is 10.3. The third kappa shape index (κ3) is 2.16. The number of rotatable bonds is 3. The van der Waals surface area contributed by atoms with Crippen LogP contribution >= 0.6 is 0 Å². The van der Waals surface area contributed by atoms with E-state index in [2.05, 4.69) is 20.7 Å². The van der Waals surface area contributed by atoms with Crippen molar-refractivity contribution >= 4 is 17.5 Å². The number of nitrogens with zero attached hydrogens (tertiary/aromatic N) is 5. The highest BCUT2D eigenvalue weighted by atomic mass is 16.2. The molecule has 0 bridgehead atoms. The van der Waals surface area contributed by atoms with Gasteiger partial charge in [-0.2, -0.15) is 5.10 Å². The first kappa shape index (κ1) is 10.1. The lowest BCUT2D eigenvalue weighted by Gasteiger charge is -2.04. The van der Waals surface area contributed by atoms with Crippen LogP contribution in [0.3, 0.4) is 0 Å². The zero-order valence-electron chi connectivity index (χ0n) is 8.66. The van der Waals surface area contributed by atoms with Crippen molar-refractivity contribution in [3.8, 4) is 0 Å². The number of nitrogens with two attached hydrogens (primary N) is 1. The van der Waals surface area contributed by atoms with E-state index in [9.17, 15) is 4.79 Å². The van der Waals surface area contributed by atoms with Crippen LogP contribution in [0.25, 0.3) is 0 Å². The highest BCUT2D eigenvalue weighted by molar-refractivity contribution is 5.89. The van der Waals surface area contributed by atoms with Gasteiger partial charge in [-0.3, -0.25) is 9.48 Å². The smallest absolute Gasteiger partial charge is 0.247 e. The number of aryl methyl sites for hydroxylation is 1.